The van der Waals surface area contributed by atoms with E-state index in [1.807, 2.05) is 0 Å². The number of hydrogen-bond donors (Lipinski definition) is 0. The molecule has 2 unspecified atom stereocenters. The van der Waals surface area contributed by atoms with Crippen LogP contribution in [0.25, 0.3) is 0 Å². The molecule has 0 aromatic carbocycles. The molecular formula is C12H16NNa3O7. The van der Waals surface area contributed by atoms with E-state index in [2.05, 4.69) is 9.47 Å². The molecule has 0 aromatic rings. The van der Waals surface area contributed by atoms with E-state index >= 15 is 0 Å². The number of nitrogens with zero attached hydrogens (tertiary/aromatic N) is 1. The van der Waals surface area contributed by atoms with Crippen LogP contribution in [0, 0.1) is 5.92 Å². The third-order valence-corrected chi connectivity index (χ3v) is 2.73. The van der Waals surface area contributed by atoms with Gasteiger partial charge in [-0.05, 0) is 13.8 Å². The fourth-order valence-electron chi connectivity index (χ4n) is 1.72. The second kappa shape index (κ2) is 19.2. The maximum Gasteiger partial charge on any atom is 1.00 e. The number of rotatable bonds is 11. The van der Waals surface area contributed by atoms with E-state index in [-0.39, 0.29) is 88.7 Å². The Balaban J connectivity index is -0.000000602. The molecule has 0 fully saturated rings. The smallest absolute Gasteiger partial charge is 0.652 e. The molecule has 0 aliphatic carbocycles. The number of amides is 1. The van der Waals surface area contributed by atoms with E-state index in [9.17, 15) is 24.3 Å². The average Bonchev–Trinajstić information content (AvgIpc) is 2.40. The SMILES string of the molecule is CCN(CC)C(=O)C(CO[C-]=O)C(CC(=O)[O-])O[C-]=O.[Na+].[Na+].[Na+]. The summed E-state index contributed by atoms with van der Waals surface area (Å²) in [5.74, 6) is -3.14. The predicted molar refractivity (Wildman–Crippen MR) is 63.3 cm³/mol. The Bertz CT molecular complexity index is 354. The fourth-order valence-corrected chi connectivity index (χ4v) is 1.72. The first kappa shape index (κ1) is 31.6. The van der Waals surface area contributed by atoms with E-state index in [0.717, 1.165) is 12.9 Å². The standard InChI is InChI=1S/C12H17NO7.3Na/c1-3-13(4-2)12(18)9(6-19-7-14)10(20-8-15)5-11(16)17;;;/h9-10H,3-6H2,1-2H3,(H,16,17);;;/q-2;3*+1/p-1. The van der Waals surface area contributed by atoms with E-state index in [4.69, 9.17) is 0 Å². The maximum atomic E-state index is 12.2. The molecule has 0 spiro atoms. The Labute approximate surface area is 201 Å². The van der Waals surface area contributed by atoms with Gasteiger partial charge in [-0.15, -0.1) is 0 Å². The Morgan fingerprint density at radius 3 is 1.96 bits per heavy atom. The third-order valence-electron chi connectivity index (χ3n) is 2.73. The normalized spacial score (nSPS) is 11.2. The van der Waals surface area contributed by atoms with Crippen LogP contribution in [0.4, 0.5) is 0 Å². The maximum absolute atomic E-state index is 12.2. The Hall–Kier alpha value is 0.880. The van der Waals surface area contributed by atoms with Gasteiger partial charge in [-0.1, -0.05) is 12.9 Å². The largest absolute Gasteiger partial charge is 1.00 e. The van der Waals surface area contributed by atoms with Crippen LogP contribution in [0.3, 0.4) is 0 Å². The second-order valence-corrected chi connectivity index (χ2v) is 3.83. The predicted octanol–water partition coefficient (Wildman–Crippen LogP) is -10.8. The fraction of sp³-hybridized carbons (Fsp3) is 0.667. The van der Waals surface area contributed by atoms with E-state index < -0.39 is 36.9 Å². The summed E-state index contributed by atoms with van der Waals surface area (Å²) in [5, 5.41) is 10.6. The van der Waals surface area contributed by atoms with Gasteiger partial charge in [-0.3, -0.25) is 4.79 Å². The zero-order valence-corrected chi connectivity index (χ0v) is 20.3. The van der Waals surface area contributed by atoms with Crippen molar-refractivity contribution in [2.75, 3.05) is 19.7 Å². The summed E-state index contributed by atoms with van der Waals surface area (Å²) in [5.41, 5.74) is 0. The summed E-state index contributed by atoms with van der Waals surface area (Å²) >= 11 is 0. The molecule has 114 valence electrons. The minimum atomic E-state index is -1.50. The number of carbonyl (C=O) groups is 2. The molecule has 11 heteroatoms. The van der Waals surface area contributed by atoms with E-state index in [1.165, 1.54) is 4.90 Å². The molecule has 0 saturated heterocycles. The van der Waals surface area contributed by atoms with Crippen LogP contribution in [-0.2, 0) is 28.7 Å². The van der Waals surface area contributed by atoms with Crippen molar-refractivity contribution in [1.82, 2.24) is 4.90 Å². The summed E-state index contributed by atoms with van der Waals surface area (Å²) in [6, 6.07) is 0. The van der Waals surface area contributed by atoms with Gasteiger partial charge < -0.3 is 33.9 Å². The number of carboxylic acid groups (broad SMARTS) is 1. The van der Waals surface area contributed by atoms with Gasteiger partial charge in [0.1, 0.15) is 5.92 Å². The molecule has 0 aromatic heterocycles. The van der Waals surface area contributed by atoms with Crippen LogP contribution >= 0.6 is 0 Å². The van der Waals surface area contributed by atoms with Crippen molar-refractivity contribution in [2.45, 2.75) is 26.4 Å². The molecule has 8 nitrogen and oxygen atoms in total. The van der Waals surface area contributed by atoms with Crippen LogP contribution < -0.4 is 93.8 Å². The number of carboxylic acids is 1. The number of hydrogen-bond acceptors (Lipinski definition) is 7. The van der Waals surface area contributed by atoms with Gasteiger partial charge in [-0.2, -0.15) is 0 Å². The molecule has 0 rings (SSSR count). The van der Waals surface area contributed by atoms with Crippen LogP contribution in [0.5, 0.6) is 0 Å². The molecule has 0 radical (unpaired) electrons. The zero-order valence-electron chi connectivity index (χ0n) is 14.3. The van der Waals surface area contributed by atoms with Gasteiger partial charge >= 0.3 is 88.7 Å². The van der Waals surface area contributed by atoms with Gasteiger partial charge in [0.05, 0.1) is 12.7 Å². The first-order valence-corrected chi connectivity index (χ1v) is 6.02. The van der Waals surface area contributed by atoms with Crippen molar-refractivity contribution in [1.29, 1.82) is 0 Å². The molecule has 0 aliphatic rings. The first-order chi connectivity index (χ1) is 9.51. The van der Waals surface area contributed by atoms with Gasteiger partial charge in [0.25, 0.3) is 0 Å². The Morgan fingerprint density at radius 1 is 1.09 bits per heavy atom. The minimum Gasteiger partial charge on any atom is -0.652 e. The topological polar surface area (TPSA) is 113 Å². The molecule has 1 amide bonds. The van der Waals surface area contributed by atoms with Crippen molar-refractivity contribution >= 4 is 24.8 Å². The number of carbonyl (C=O) groups excluding carboxylic acids is 4. The van der Waals surface area contributed by atoms with Gasteiger partial charge in [0, 0.05) is 25.5 Å². The molecule has 0 bridgehead atoms. The second-order valence-electron chi connectivity index (χ2n) is 3.83. The molecular weight excluding hydrogens is 339 g/mol. The van der Waals surface area contributed by atoms with Crippen molar-refractivity contribution in [3.8, 4) is 0 Å². The van der Waals surface area contributed by atoms with Gasteiger partial charge in [0.15, 0.2) is 0 Å². The van der Waals surface area contributed by atoms with Gasteiger partial charge in [-0.25, -0.2) is 0 Å². The van der Waals surface area contributed by atoms with Gasteiger partial charge in [0.2, 0.25) is 5.91 Å². The van der Waals surface area contributed by atoms with E-state index in [0.29, 0.717) is 13.1 Å². The van der Waals surface area contributed by atoms with Crippen molar-refractivity contribution in [2.24, 2.45) is 5.92 Å². The minimum absolute atomic E-state index is 0. The third kappa shape index (κ3) is 12.8. The van der Waals surface area contributed by atoms with Crippen LogP contribution in [0.15, 0.2) is 0 Å². The molecule has 2 atom stereocenters. The number of ether oxygens (including phenoxy) is 2. The van der Waals surface area contributed by atoms with Crippen molar-refractivity contribution in [3.05, 3.63) is 0 Å². The molecule has 0 heterocycles. The molecule has 0 saturated carbocycles. The van der Waals surface area contributed by atoms with Crippen molar-refractivity contribution < 1.29 is 122 Å². The Morgan fingerprint density at radius 2 is 1.61 bits per heavy atom. The first-order valence-electron chi connectivity index (χ1n) is 6.02. The average molecular weight is 355 g/mol. The number of aliphatic carboxylic acids is 1. The van der Waals surface area contributed by atoms with Crippen LogP contribution in [0.2, 0.25) is 0 Å². The van der Waals surface area contributed by atoms with E-state index in [1.54, 1.807) is 13.8 Å². The van der Waals surface area contributed by atoms with Crippen LogP contribution in [-0.4, -0.2) is 55.5 Å². The summed E-state index contributed by atoms with van der Waals surface area (Å²) in [6.45, 7) is 5.99. The van der Waals surface area contributed by atoms with Crippen LogP contribution in [0.1, 0.15) is 20.3 Å². The zero-order chi connectivity index (χ0) is 15.5. The Kier molecular flexibility index (Phi) is 26.4. The molecule has 23 heavy (non-hydrogen) atoms. The summed E-state index contributed by atoms with van der Waals surface area (Å²) in [4.78, 5) is 44.7. The monoisotopic (exact) mass is 355 g/mol. The molecule has 0 aliphatic heterocycles. The quantitative estimate of drug-likeness (QED) is 0.267. The van der Waals surface area contributed by atoms with Crippen molar-refractivity contribution in [3.63, 3.8) is 0 Å². The summed E-state index contributed by atoms with van der Waals surface area (Å²) in [7, 11) is 0. The summed E-state index contributed by atoms with van der Waals surface area (Å²) < 4.78 is 8.88. The summed E-state index contributed by atoms with van der Waals surface area (Å²) in [6.07, 6.45) is -2.02. The molecule has 0 N–H and O–H groups in total.